The van der Waals surface area contributed by atoms with E-state index in [-0.39, 0.29) is 16.9 Å². The van der Waals surface area contributed by atoms with Crippen molar-refractivity contribution in [3.63, 3.8) is 0 Å². The third-order valence-electron chi connectivity index (χ3n) is 3.98. The van der Waals surface area contributed by atoms with E-state index in [1.807, 2.05) is 5.38 Å². The summed E-state index contributed by atoms with van der Waals surface area (Å²) in [6, 6.07) is 11.5. The molecule has 0 aliphatic rings. The number of hydrogen-bond acceptors (Lipinski definition) is 7. The quantitative estimate of drug-likeness (QED) is 0.358. The van der Waals surface area contributed by atoms with Crippen molar-refractivity contribution in [3.8, 4) is 11.5 Å². The third-order valence-corrected chi connectivity index (χ3v) is 4.61. The minimum atomic E-state index is -2.95. The highest BCUT2D eigenvalue weighted by atomic mass is 32.1. The largest absolute Gasteiger partial charge is 0.487 e. The van der Waals surface area contributed by atoms with E-state index in [2.05, 4.69) is 9.72 Å². The first kappa shape index (κ1) is 21.4. The third kappa shape index (κ3) is 5.84. The van der Waals surface area contributed by atoms with Crippen LogP contribution in [0, 0.1) is 0 Å². The number of hydrogen-bond donors (Lipinski definition) is 0. The van der Waals surface area contributed by atoms with E-state index in [1.54, 1.807) is 17.6 Å². The van der Waals surface area contributed by atoms with Gasteiger partial charge in [-0.15, -0.1) is 11.3 Å². The van der Waals surface area contributed by atoms with Gasteiger partial charge in [0.25, 0.3) is 0 Å². The second-order valence-corrected chi connectivity index (χ2v) is 6.83. The van der Waals surface area contributed by atoms with Crippen molar-refractivity contribution in [2.24, 2.45) is 0 Å². The van der Waals surface area contributed by atoms with Crippen LogP contribution in [-0.4, -0.2) is 29.5 Å². The lowest BCUT2D eigenvalue weighted by atomic mass is 10.1. The smallest absolute Gasteiger partial charge is 0.387 e. The van der Waals surface area contributed by atoms with Crippen LogP contribution in [0.1, 0.15) is 33.3 Å². The molecule has 0 aliphatic heterocycles. The number of aromatic nitrogens is 1. The summed E-state index contributed by atoms with van der Waals surface area (Å²) < 4.78 is 39.4. The monoisotopic (exact) mass is 433 g/mol. The first-order chi connectivity index (χ1) is 14.4. The molecule has 30 heavy (non-hydrogen) atoms. The summed E-state index contributed by atoms with van der Waals surface area (Å²) in [5.41, 5.74) is 3.00. The highest BCUT2D eigenvalue weighted by molar-refractivity contribution is 7.07. The number of thiazole rings is 1. The molecule has 0 bridgehead atoms. The average Bonchev–Trinajstić information content (AvgIpc) is 3.26. The number of carbonyl (C=O) groups excluding carboxylic acids is 2. The van der Waals surface area contributed by atoms with E-state index in [4.69, 9.17) is 9.47 Å². The molecule has 0 spiro atoms. The molecule has 9 heteroatoms. The normalized spacial score (nSPS) is 11.7. The Morgan fingerprint density at radius 3 is 2.23 bits per heavy atom. The zero-order valence-corrected chi connectivity index (χ0v) is 16.6. The molecule has 0 saturated carbocycles. The van der Waals surface area contributed by atoms with Crippen LogP contribution in [0.5, 0.6) is 11.5 Å². The number of halogens is 2. The first-order valence-corrected chi connectivity index (χ1v) is 9.76. The molecule has 1 atom stereocenters. The fourth-order valence-corrected chi connectivity index (χ4v) is 3.01. The van der Waals surface area contributed by atoms with Crippen LogP contribution in [0.3, 0.4) is 0 Å². The van der Waals surface area contributed by atoms with Crippen LogP contribution in [0.4, 0.5) is 8.78 Å². The van der Waals surface area contributed by atoms with Gasteiger partial charge in [-0.05, 0) is 55.5 Å². The van der Waals surface area contributed by atoms with Crippen LogP contribution in [0.2, 0.25) is 0 Å². The molecule has 3 aromatic rings. The van der Waals surface area contributed by atoms with Gasteiger partial charge in [0.15, 0.2) is 6.10 Å². The van der Waals surface area contributed by atoms with E-state index in [0.717, 1.165) is 5.69 Å². The molecule has 3 rings (SSSR count). The molecule has 0 radical (unpaired) electrons. The van der Waals surface area contributed by atoms with E-state index in [9.17, 15) is 18.4 Å². The molecule has 1 aromatic heterocycles. The molecule has 0 fully saturated rings. The zero-order chi connectivity index (χ0) is 21.5. The predicted molar refractivity (Wildman–Crippen MR) is 105 cm³/mol. The van der Waals surface area contributed by atoms with Crippen molar-refractivity contribution in [1.29, 1.82) is 0 Å². The zero-order valence-electron chi connectivity index (χ0n) is 15.8. The predicted octanol–water partition coefficient (Wildman–Crippen LogP) is 4.75. The van der Waals surface area contributed by atoms with Crippen molar-refractivity contribution in [3.05, 3.63) is 76.2 Å². The Balaban J connectivity index is 1.54. The summed E-state index contributed by atoms with van der Waals surface area (Å²) in [6.07, 6.45) is -1.06. The SMILES string of the molecule is CC(OC(=O)c1ccc(OCc2cscn2)cc1)C(=O)c1ccc(OC(F)F)cc1. The number of nitrogens with zero attached hydrogens (tertiary/aromatic N) is 1. The van der Waals surface area contributed by atoms with Crippen LogP contribution in [0.25, 0.3) is 0 Å². The lowest BCUT2D eigenvalue weighted by molar-refractivity contribution is -0.0498. The van der Waals surface area contributed by atoms with Gasteiger partial charge < -0.3 is 14.2 Å². The van der Waals surface area contributed by atoms with Gasteiger partial charge in [-0.25, -0.2) is 9.78 Å². The number of carbonyl (C=O) groups is 2. The molecule has 0 saturated heterocycles. The standard InChI is InChI=1S/C21H17F2NO5S/c1-13(19(25)14-2-8-18(9-3-14)29-21(22)23)28-20(26)15-4-6-17(7-5-15)27-10-16-11-30-12-24-16/h2-9,11-13,21H,10H2,1H3. The van der Waals surface area contributed by atoms with Gasteiger partial charge in [-0.2, -0.15) is 8.78 Å². The van der Waals surface area contributed by atoms with E-state index in [0.29, 0.717) is 12.4 Å². The summed E-state index contributed by atoms with van der Waals surface area (Å²) in [4.78, 5) is 28.8. The van der Waals surface area contributed by atoms with Gasteiger partial charge >= 0.3 is 12.6 Å². The summed E-state index contributed by atoms with van der Waals surface area (Å²) >= 11 is 1.47. The molecular formula is C21H17F2NO5S. The number of alkyl halides is 2. The molecule has 2 aromatic carbocycles. The molecule has 1 unspecified atom stereocenters. The summed E-state index contributed by atoms with van der Waals surface area (Å²) in [6.45, 7) is -1.19. The van der Waals surface area contributed by atoms with Crippen molar-refractivity contribution in [1.82, 2.24) is 4.98 Å². The highest BCUT2D eigenvalue weighted by Gasteiger charge is 2.20. The fraction of sp³-hybridized carbons (Fsp3) is 0.190. The maximum Gasteiger partial charge on any atom is 0.387 e. The van der Waals surface area contributed by atoms with E-state index >= 15 is 0 Å². The lowest BCUT2D eigenvalue weighted by Gasteiger charge is -2.13. The Morgan fingerprint density at radius 2 is 1.63 bits per heavy atom. The maximum atomic E-state index is 12.4. The summed E-state index contributed by atoms with van der Waals surface area (Å²) in [5, 5.41) is 1.88. The number of rotatable bonds is 9. The van der Waals surface area contributed by atoms with Crippen molar-refractivity contribution < 1.29 is 32.6 Å². The number of ether oxygens (including phenoxy) is 3. The van der Waals surface area contributed by atoms with Gasteiger partial charge in [-0.1, -0.05) is 0 Å². The van der Waals surface area contributed by atoms with Gasteiger partial charge in [0, 0.05) is 10.9 Å². The Labute approximate surface area is 175 Å². The Hall–Kier alpha value is -3.33. The van der Waals surface area contributed by atoms with Gasteiger partial charge in [0.2, 0.25) is 5.78 Å². The first-order valence-electron chi connectivity index (χ1n) is 8.82. The molecular weight excluding hydrogens is 416 g/mol. The minimum absolute atomic E-state index is 0.0664. The average molecular weight is 433 g/mol. The molecule has 6 nitrogen and oxygen atoms in total. The molecule has 156 valence electrons. The highest BCUT2D eigenvalue weighted by Crippen LogP contribution is 2.18. The topological polar surface area (TPSA) is 74.7 Å². The van der Waals surface area contributed by atoms with Crippen LogP contribution in [0.15, 0.2) is 59.4 Å². The number of ketones is 1. The second kappa shape index (κ2) is 9.93. The Morgan fingerprint density at radius 1 is 1.00 bits per heavy atom. The van der Waals surface area contributed by atoms with Gasteiger partial charge in [0.1, 0.15) is 18.1 Å². The van der Waals surface area contributed by atoms with E-state index in [1.165, 1.54) is 54.7 Å². The van der Waals surface area contributed by atoms with Crippen LogP contribution >= 0.6 is 11.3 Å². The van der Waals surface area contributed by atoms with Gasteiger partial charge in [0.05, 0.1) is 16.8 Å². The summed E-state index contributed by atoms with van der Waals surface area (Å²) in [7, 11) is 0. The number of benzene rings is 2. The Bertz CT molecular complexity index is 976. The second-order valence-electron chi connectivity index (χ2n) is 6.11. The molecule has 0 amide bonds. The Kier molecular flexibility index (Phi) is 7.08. The van der Waals surface area contributed by atoms with Gasteiger partial charge in [-0.3, -0.25) is 4.79 Å². The fourth-order valence-electron chi connectivity index (χ4n) is 2.47. The van der Waals surface area contributed by atoms with Crippen LogP contribution in [-0.2, 0) is 11.3 Å². The summed E-state index contributed by atoms with van der Waals surface area (Å²) in [5.74, 6) is -0.632. The van der Waals surface area contributed by atoms with E-state index < -0.39 is 24.5 Å². The van der Waals surface area contributed by atoms with Crippen LogP contribution < -0.4 is 9.47 Å². The molecule has 0 N–H and O–H groups in total. The van der Waals surface area contributed by atoms with Crippen molar-refractivity contribution in [2.45, 2.75) is 26.2 Å². The number of Topliss-reactive ketones (excluding diaryl/α,β-unsaturated/α-hetero) is 1. The van der Waals surface area contributed by atoms with Crippen molar-refractivity contribution >= 4 is 23.1 Å². The molecule has 0 aliphatic carbocycles. The minimum Gasteiger partial charge on any atom is -0.487 e. The lowest BCUT2D eigenvalue weighted by Crippen LogP contribution is -2.24. The number of esters is 1. The maximum absolute atomic E-state index is 12.4. The van der Waals surface area contributed by atoms with Crippen molar-refractivity contribution in [2.75, 3.05) is 0 Å². The molecule has 1 heterocycles.